The third kappa shape index (κ3) is 3.82. The Hall–Kier alpha value is -1.41. The molecule has 1 aliphatic rings. The molecule has 0 radical (unpaired) electrons. The van der Waals surface area contributed by atoms with Gasteiger partial charge in [-0.1, -0.05) is 5.16 Å². The monoisotopic (exact) mass is 235 g/mol. The molecule has 5 nitrogen and oxygen atoms in total. The van der Waals surface area contributed by atoms with Crippen molar-refractivity contribution in [2.24, 2.45) is 0 Å². The van der Waals surface area contributed by atoms with Crippen LogP contribution in [0.25, 0.3) is 0 Å². The highest BCUT2D eigenvalue weighted by Crippen LogP contribution is 2.16. The quantitative estimate of drug-likeness (QED) is 0.730. The van der Waals surface area contributed by atoms with Crippen LogP contribution in [0.5, 0.6) is 0 Å². The van der Waals surface area contributed by atoms with Gasteiger partial charge in [0.15, 0.2) is 5.82 Å². The molecule has 0 aliphatic carbocycles. The molecule has 1 aromatic rings. The van der Waals surface area contributed by atoms with Crippen molar-refractivity contribution in [1.29, 1.82) is 5.26 Å². The molecule has 92 valence electrons. The lowest BCUT2D eigenvalue weighted by molar-refractivity contribution is 0.0153. The molecule has 1 unspecified atom stereocenters. The van der Waals surface area contributed by atoms with E-state index in [1.165, 1.54) is 6.42 Å². The van der Waals surface area contributed by atoms with E-state index in [2.05, 4.69) is 16.2 Å². The van der Waals surface area contributed by atoms with Gasteiger partial charge >= 0.3 is 0 Å². The largest absolute Gasteiger partial charge is 0.378 e. The van der Waals surface area contributed by atoms with Crippen LogP contribution in [-0.2, 0) is 17.6 Å². The molecule has 1 aliphatic heterocycles. The van der Waals surface area contributed by atoms with Gasteiger partial charge in [0.2, 0.25) is 5.89 Å². The number of hydrogen-bond donors (Lipinski definition) is 0. The van der Waals surface area contributed by atoms with Crippen LogP contribution >= 0.6 is 0 Å². The van der Waals surface area contributed by atoms with Gasteiger partial charge in [0, 0.05) is 25.9 Å². The molecular formula is C12H17N3O2. The fourth-order valence-corrected chi connectivity index (χ4v) is 1.97. The van der Waals surface area contributed by atoms with Gasteiger partial charge < -0.3 is 9.26 Å². The molecule has 0 amide bonds. The molecular weight excluding hydrogens is 218 g/mol. The summed E-state index contributed by atoms with van der Waals surface area (Å²) in [7, 11) is 0. The van der Waals surface area contributed by atoms with E-state index in [9.17, 15) is 0 Å². The van der Waals surface area contributed by atoms with E-state index in [4.69, 9.17) is 14.5 Å². The van der Waals surface area contributed by atoms with Crippen molar-refractivity contribution in [2.75, 3.05) is 6.61 Å². The molecule has 1 aromatic heterocycles. The Morgan fingerprint density at radius 2 is 2.35 bits per heavy atom. The van der Waals surface area contributed by atoms with Gasteiger partial charge in [-0.25, -0.2) is 0 Å². The zero-order valence-corrected chi connectivity index (χ0v) is 9.89. The second-order valence-electron chi connectivity index (χ2n) is 4.31. The number of hydrogen-bond acceptors (Lipinski definition) is 5. The first kappa shape index (κ1) is 12.1. The van der Waals surface area contributed by atoms with Crippen LogP contribution < -0.4 is 0 Å². The summed E-state index contributed by atoms with van der Waals surface area (Å²) in [5, 5.41) is 12.4. The first-order chi connectivity index (χ1) is 8.38. The van der Waals surface area contributed by atoms with Crippen LogP contribution in [-0.4, -0.2) is 22.9 Å². The highest BCUT2D eigenvalue weighted by atomic mass is 16.5. The Labute approximate surface area is 101 Å². The molecule has 0 bridgehead atoms. The summed E-state index contributed by atoms with van der Waals surface area (Å²) in [5.41, 5.74) is 0. The summed E-state index contributed by atoms with van der Waals surface area (Å²) < 4.78 is 10.8. The maximum atomic E-state index is 8.43. The Kier molecular flexibility index (Phi) is 4.51. The zero-order valence-electron chi connectivity index (χ0n) is 9.89. The third-order valence-electron chi connectivity index (χ3n) is 2.87. The van der Waals surface area contributed by atoms with E-state index in [0.29, 0.717) is 18.7 Å². The number of ether oxygens (including phenoxy) is 1. The maximum Gasteiger partial charge on any atom is 0.226 e. The molecule has 1 atom stereocenters. The van der Waals surface area contributed by atoms with Gasteiger partial charge in [-0.2, -0.15) is 10.2 Å². The molecule has 2 rings (SSSR count). The predicted molar refractivity (Wildman–Crippen MR) is 60.1 cm³/mol. The fraction of sp³-hybridized carbons (Fsp3) is 0.750. The van der Waals surface area contributed by atoms with Crippen LogP contribution in [0.15, 0.2) is 4.52 Å². The molecule has 0 N–H and O–H groups in total. The average molecular weight is 235 g/mol. The second kappa shape index (κ2) is 6.36. The number of unbranched alkanes of at least 4 members (excludes halogenated alkanes) is 1. The molecule has 17 heavy (non-hydrogen) atoms. The van der Waals surface area contributed by atoms with E-state index in [1.54, 1.807) is 0 Å². The van der Waals surface area contributed by atoms with Gasteiger partial charge in [-0.05, 0) is 25.7 Å². The molecule has 0 aromatic carbocycles. The van der Waals surface area contributed by atoms with E-state index >= 15 is 0 Å². The highest BCUT2D eigenvalue weighted by Gasteiger charge is 2.17. The first-order valence-corrected chi connectivity index (χ1v) is 6.18. The standard InChI is InChI=1S/C12H17N3O2/c13-7-3-1-6-12-14-11(15-17-12)9-10-5-2-4-8-16-10/h10H,1-6,8-9H2. The van der Waals surface area contributed by atoms with Gasteiger partial charge in [-0.15, -0.1) is 0 Å². The Balaban J connectivity index is 1.79. The Morgan fingerprint density at radius 3 is 3.12 bits per heavy atom. The molecule has 1 saturated heterocycles. The van der Waals surface area contributed by atoms with Crippen molar-refractivity contribution in [1.82, 2.24) is 10.1 Å². The summed E-state index contributed by atoms with van der Waals surface area (Å²) in [5.74, 6) is 1.36. The molecule has 2 heterocycles. The summed E-state index contributed by atoms with van der Waals surface area (Å²) in [6.45, 7) is 0.845. The number of aromatic nitrogens is 2. The Bertz CT molecular complexity index is 377. The minimum absolute atomic E-state index is 0.244. The lowest BCUT2D eigenvalue weighted by atomic mass is 10.1. The normalized spacial score (nSPS) is 20.1. The topological polar surface area (TPSA) is 71.9 Å². The second-order valence-corrected chi connectivity index (χ2v) is 4.31. The number of aryl methyl sites for hydroxylation is 1. The third-order valence-corrected chi connectivity index (χ3v) is 2.87. The number of nitrogens with zero attached hydrogens (tertiary/aromatic N) is 3. The number of rotatable bonds is 5. The van der Waals surface area contributed by atoms with Crippen molar-refractivity contribution < 1.29 is 9.26 Å². The summed E-state index contributed by atoms with van der Waals surface area (Å²) >= 11 is 0. The minimum Gasteiger partial charge on any atom is -0.378 e. The number of nitriles is 1. The van der Waals surface area contributed by atoms with Crippen molar-refractivity contribution in [3.63, 3.8) is 0 Å². The van der Waals surface area contributed by atoms with E-state index < -0.39 is 0 Å². The van der Waals surface area contributed by atoms with E-state index in [-0.39, 0.29) is 6.10 Å². The molecule has 1 fully saturated rings. The smallest absolute Gasteiger partial charge is 0.226 e. The van der Waals surface area contributed by atoms with Gasteiger partial charge in [0.1, 0.15) is 0 Å². The highest BCUT2D eigenvalue weighted by molar-refractivity contribution is 4.90. The van der Waals surface area contributed by atoms with Crippen LogP contribution in [0.2, 0.25) is 0 Å². The Morgan fingerprint density at radius 1 is 1.41 bits per heavy atom. The predicted octanol–water partition coefficient (Wildman–Crippen LogP) is 2.03. The summed E-state index contributed by atoms with van der Waals surface area (Å²) in [6.07, 6.45) is 6.43. The van der Waals surface area contributed by atoms with Crippen LogP contribution in [0, 0.1) is 11.3 Å². The lowest BCUT2D eigenvalue weighted by Crippen LogP contribution is -2.21. The lowest BCUT2D eigenvalue weighted by Gasteiger charge is -2.20. The fourth-order valence-electron chi connectivity index (χ4n) is 1.97. The van der Waals surface area contributed by atoms with Gasteiger partial charge in [-0.3, -0.25) is 0 Å². The molecule has 5 heteroatoms. The van der Waals surface area contributed by atoms with Gasteiger partial charge in [0.25, 0.3) is 0 Å². The van der Waals surface area contributed by atoms with Crippen LogP contribution in [0.3, 0.4) is 0 Å². The summed E-state index contributed by atoms with van der Waals surface area (Å²) in [4.78, 5) is 4.31. The zero-order chi connectivity index (χ0) is 11.9. The molecule has 0 saturated carbocycles. The van der Waals surface area contributed by atoms with Crippen molar-refractivity contribution in [3.8, 4) is 6.07 Å². The van der Waals surface area contributed by atoms with E-state index in [0.717, 1.165) is 38.1 Å². The van der Waals surface area contributed by atoms with E-state index in [1.807, 2.05) is 0 Å². The molecule has 0 spiro atoms. The van der Waals surface area contributed by atoms with Gasteiger partial charge in [0.05, 0.1) is 12.2 Å². The average Bonchev–Trinajstić information content (AvgIpc) is 2.79. The minimum atomic E-state index is 0.244. The first-order valence-electron chi connectivity index (χ1n) is 6.18. The SMILES string of the molecule is N#CCCCc1nc(CC2CCCCO2)no1. The van der Waals surface area contributed by atoms with Crippen molar-refractivity contribution in [3.05, 3.63) is 11.7 Å². The summed E-state index contributed by atoms with van der Waals surface area (Å²) in [6, 6.07) is 2.10. The maximum absolute atomic E-state index is 8.43. The van der Waals surface area contributed by atoms with Crippen LogP contribution in [0.4, 0.5) is 0 Å². The van der Waals surface area contributed by atoms with Crippen molar-refractivity contribution >= 4 is 0 Å². The van der Waals surface area contributed by atoms with Crippen molar-refractivity contribution in [2.45, 2.75) is 51.0 Å². The van der Waals surface area contributed by atoms with Crippen LogP contribution in [0.1, 0.15) is 43.8 Å².